The lowest BCUT2D eigenvalue weighted by molar-refractivity contribution is -0.138. The molecule has 0 aromatic carbocycles. The van der Waals surface area contributed by atoms with Crippen LogP contribution in [0.2, 0.25) is 0 Å². The number of carbonyl (C=O) groups is 1. The second-order valence-electron chi connectivity index (χ2n) is 6.38. The van der Waals surface area contributed by atoms with Crippen molar-refractivity contribution >= 4 is 5.97 Å². The van der Waals surface area contributed by atoms with Gasteiger partial charge < -0.3 is 5.11 Å². The molecule has 2 unspecified atom stereocenters. The van der Waals surface area contributed by atoms with E-state index in [1.54, 1.807) is 0 Å². The van der Waals surface area contributed by atoms with Crippen LogP contribution in [-0.2, 0) is 4.79 Å². The van der Waals surface area contributed by atoms with Gasteiger partial charge >= 0.3 is 5.97 Å². The van der Waals surface area contributed by atoms with E-state index in [1.807, 2.05) is 0 Å². The minimum absolute atomic E-state index is 0.287. The fraction of sp³-hybridized carbons (Fsp3) is 0.929. The quantitative estimate of drug-likeness (QED) is 0.823. The van der Waals surface area contributed by atoms with Gasteiger partial charge in [0.25, 0.3) is 0 Å². The van der Waals surface area contributed by atoms with Gasteiger partial charge in [-0.3, -0.25) is 9.69 Å². The summed E-state index contributed by atoms with van der Waals surface area (Å²) in [4.78, 5) is 13.4. The van der Waals surface area contributed by atoms with Gasteiger partial charge in [0.15, 0.2) is 0 Å². The molecule has 1 aliphatic heterocycles. The number of carboxylic acids is 1. The summed E-state index contributed by atoms with van der Waals surface area (Å²) >= 11 is 0. The first-order valence-electron chi connectivity index (χ1n) is 6.98. The van der Waals surface area contributed by atoms with E-state index in [9.17, 15) is 4.79 Å². The molecule has 3 nitrogen and oxygen atoms in total. The molecule has 1 saturated heterocycles. The van der Waals surface area contributed by atoms with Crippen LogP contribution in [0.15, 0.2) is 0 Å². The molecule has 0 aromatic rings. The van der Waals surface area contributed by atoms with E-state index in [0.29, 0.717) is 17.9 Å². The summed E-state index contributed by atoms with van der Waals surface area (Å²) in [5.41, 5.74) is 0.360. The highest BCUT2D eigenvalue weighted by molar-refractivity contribution is 5.67. The molecule has 1 aliphatic carbocycles. The van der Waals surface area contributed by atoms with E-state index in [1.165, 1.54) is 32.1 Å². The number of aliphatic carboxylic acids is 1. The lowest BCUT2D eigenvalue weighted by atomic mass is 9.72. The molecule has 2 rings (SSSR count). The Morgan fingerprint density at radius 1 is 1.29 bits per heavy atom. The topological polar surface area (TPSA) is 40.5 Å². The van der Waals surface area contributed by atoms with Crippen molar-refractivity contribution in [3.8, 4) is 0 Å². The Hall–Kier alpha value is -0.570. The van der Waals surface area contributed by atoms with Crippen LogP contribution in [0.5, 0.6) is 0 Å². The Morgan fingerprint density at radius 2 is 2.06 bits per heavy atom. The summed E-state index contributed by atoms with van der Waals surface area (Å²) < 4.78 is 0. The second-order valence-corrected chi connectivity index (χ2v) is 6.38. The van der Waals surface area contributed by atoms with Crippen molar-refractivity contribution in [3.05, 3.63) is 0 Å². The highest BCUT2D eigenvalue weighted by Crippen LogP contribution is 2.41. The van der Waals surface area contributed by atoms with Crippen LogP contribution in [0.25, 0.3) is 0 Å². The SMILES string of the molecule is CC1(C)CCCCC1N1CCCC1CC(=O)O. The van der Waals surface area contributed by atoms with Gasteiger partial charge in [0.05, 0.1) is 6.42 Å². The van der Waals surface area contributed by atoms with Gasteiger partial charge in [0.1, 0.15) is 0 Å². The van der Waals surface area contributed by atoms with Crippen molar-refractivity contribution in [1.82, 2.24) is 4.90 Å². The molecule has 0 radical (unpaired) electrons. The zero-order valence-corrected chi connectivity index (χ0v) is 11.1. The van der Waals surface area contributed by atoms with Gasteiger partial charge in [-0.2, -0.15) is 0 Å². The maximum atomic E-state index is 10.9. The number of nitrogens with zero attached hydrogens (tertiary/aromatic N) is 1. The van der Waals surface area contributed by atoms with Crippen LogP contribution >= 0.6 is 0 Å². The molecule has 0 aromatic heterocycles. The summed E-state index contributed by atoms with van der Waals surface area (Å²) in [6.45, 7) is 5.81. The fourth-order valence-electron chi connectivity index (χ4n) is 3.78. The third-order valence-electron chi connectivity index (χ3n) is 4.68. The average molecular weight is 239 g/mol. The largest absolute Gasteiger partial charge is 0.481 e. The van der Waals surface area contributed by atoms with Gasteiger partial charge in [0.2, 0.25) is 0 Å². The Balaban J connectivity index is 2.06. The monoisotopic (exact) mass is 239 g/mol. The van der Waals surface area contributed by atoms with Crippen LogP contribution in [0.1, 0.15) is 58.8 Å². The molecular weight excluding hydrogens is 214 g/mol. The van der Waals surface area contributed by atoms with Gasteiger partial charge in [-0.05, 0) is 37.6 Å². The summed E-state index contributed by atoms with van der Waals surface area (Å²) in [6.07, 6.45) is 7.75. The maximum absolute atomic E-state index is 10.9. The number of carboxylic acid groups (broad SMARTS) is 1. The van der Waals surface area contributed by atoms with Crippen LogP contribution in [0.4, 0.5) is 0 Å². The number of hydrogen-bond donors (Lipinski definition) is 1. The number of rotatable bonds is 3. The molecule has 0 bridgehead atoms. The Bertz CT molecular complexity index is 288. The van der Waals surface area contributed by atoms with E-state index >= 15 is 0 Å². The highest BCUT2D eigenvalue weighted by Gasteiger charge is 2.41. The molecule has 2 atom stereocenters. The molecule has 98 valence electrons. The first kappa shape index (κ1) is 12.9. The first-order chi connectivity index (χ1) is 8.00. The molecule has 2 aliphatic rings. The van der Waals surface area contributed by atoms with Crippen molar-refractivity contribution in [3.63, 3.8) is 0 Å². The molecule has 1 saturated carbocycles. The summed E-state index contributed by atoms with van der Waals surface area (Å²) in [7, 11) is 0. The second kappa shape index (κ2) is 4.97. The van der Waals surface area contributed by atoms with Crippen LogP contribution in [-0.4, -0.2) is 34.6 Å². The lowest BCUT2D eigenvalue weighted by Gasteiger charge is -2.46. The number of hydrogen-bond acceptors (Lipinski definition) is 2. The van der Waals surface area contributed by atoms with E-state index in [4.69, 9.17) is 5.11 Å². The Kier molecular flexibility index (Phi) is 3.76. The van der Waals surface area contributed by atoms with Crippen molar-refractivity contribution in [2.75, 3.05) is 6.54 Å². The Labute approximate surface area is 104 Å². The highest BCUT2D eigenvalue weighted by atomic mass is 16.4. The molecule has 1 heterocycles. The van der Waals surface area contributed by atoms with Gasteiger partial charge in [-0.25, -0.2) is 0 Å². The summed E-state index contributed by atoms with van der Waals surface area (Å²) in [6, 6.07) is 0.887. The normalized spacial score (nSPS) is 33.8. The zero-order valence-electron chi connectivity index (χ0n) is 11.1. The summed E-state index contributed by atoms with van der Waals surface area (Å²) in [5, 5.41) is 8.99. The first-order valence-corrected chi connectivity index (χ1v) is 6.98. The lowest BCUT2D eigenvalue weighted by Crippen LogP contribution is -2.49. The molecule has 0 amide bonds. The van der Waals surface area contributed by atoms with Crippen LogP contribution in [0, 0.1) is 5.41 Å². The van der Waals surface area contributed by atoms with Crippen molar-refractivity contribution in [1.29, 1.82) is 0 Å². The van der Waals surface area contributed by atoms with Crippen molar-refractivity contribution in [2.45, 2.75) is 70.9 Å². The minimum atomic E-state index is -0.643. The van der Waals surface area contributed by atoms with Crippen LogP contribution in [0.3, 0.4) is 0 Å². The molecular formula is C14H25NO2. The third-order valence-corrected chi connectivity index (χ3v) is 4.68. The standard InChI is InChI=1S/C14H25NO2/c1-14(2)8-4-3-7-12(14)15-9-5-6-11(15)10-13(16)17/h11-12H,3-10H2,1-2H3,(H,16,17). The smallest absolute Gasteiger partial charge is 0.304 e. The summed E-state index contributed by atoms with van der Waals surface area (Å²) in [5.74, 6) is -0.643. The molecule has 2 fully saturated rings. The molecule has 1 N–H and O–H groups in total. The van der Waals surface area contributed by atoms with E-state index < -0.39 is 5.97 Å². The molecule has 0 spiro atoms. The van der Waals surface area contributed by atoms with Gasteiger partial charge in [-0.1, -0.05) is 26.7 Å². The van der Waals surface area contributed by atoms with Crippen molar-refractivity contribution in [2.24, 2.45) is 5.41 Å². The van der Waals surface area contributed by atoms with Crippen LogP contribution < -0.4 is 0 Å². The van der Waals surface area contributed by atoms with Gasteiger partial charge in [0, 0.05) is 12.1 Å². The maximum Gasteiger partial charge on any atom is 0.304 e. The van der Waals surface area contributed by atoms with E-state index in [-0.39, 0.29) is 6.04 Å². The van der Waals surface area contributed by atoms with Crippen molar-refractivity contribution < 1.29 is 9.90 Å². The van der Waals surface area contributed by atoms with Gasteiger partial charge in [-0.15, -0.1) is 0 Å². The molecule has 17 heavy (non-hydrogen) atoms. The zero-order chi connectivity index (χ0) is 12.5. The van der Waals surface area contributed by atoms with E-state index in [0.717, 1.165) is 13.0 Å². The fourth-order valence-corrected chi connectivity index (χ4v) is 3.78. The molecule has 3 heteroatoms. The predicted octanol–water partition coefficient (Wildman–Crippen LogP) is 2.89. The number of likely N-dealkylation sites (tertiary alicyclic amines) is 1. The Morgan fingerprint density at radius 3 is 2.71 bits per heavy atom. The average Bonchev–Trinajstić information content (AvgIpc) is 2.64. The third kappa shape index (κ3) is 2.82. The minimum Gasteiger partial charge on any atom is -0.481 e. The predicted molar refractivity (Wildman–Crippen MR) is 68.0 cm³/mol. The van der Waals surface area contributed by atoms with E-state index in [2.05, 4.69) is 18.7 Å².